The number of β-amino-alcohol motifs (C(OH)–C–C–N with tert-alkyl or cyclic N) is 1. The van der Waals surface area contributed by atoms with E-state index in [1.807, 2.05) is 6.07 Å². The molecule has 0 aromatic heterocycles. The van der Waals surface area contributed by atoms with Gasteiger partial charge in [-0.3, -0.25) is 9.69 Å². The minimum Gasteiger partial charge on any atom is -0.392 e. The van der Waals surface area contributed by atoms with E-state index in [1.165, 1.54) is 5.56 Å². The number of likely N-dealkylation sites (N-methyl/N-ethyl adjacent to an activating group) is 1. The Morgan fingerprint density at radius 3 is 2.44 bits per heavy atom. The lowest BCUT2D eigenvalue weighted by Gasteiger charge is -2.30. The van der Waals surface area contributed by atoms with Gasteiger partial charge in [0, 0.05) is 19.1 Å². The van der Waals surface area contributed by atoms with E-state index in [2.05, 4.69) is 53.6 Å². The zero-order valence-electron chi connectivity index (χ0n) is 15.0. The van der Waals surface area contributed by atoms with E-state index in [0.717, 1.165) is 19.5 Å². The number of carbonyl (C=O) groups excluding carboxylic acids is 1. The highest BCUT2D eigenvalue weighted by Crippen LogP contribution is 2.10. The van der Waals surface area contributed by atoms with Gasteiger partial charge < -0.3 is 15.7 Å². The number of nitrogens with one attached hydrogen (secondary N) is 2. The highest BCUT2D eigenvalue weighted by molar-refractivity contribution is 5.85. The molecule has 1 aromatic carbocycles. The molecule has 0 bridgehead atoms. The summed E-state index contributed by atoms with van der Waals surface area (Å²) in [6.07, 6.45) is 1.01. The van der Waals surface area contributed by atoms with Gasteiger partial charge in [0.05, 0.1) is 12.1 Å². The van der Waals surface area contributed by atoms with Gasteiger partial charge in [0.1, 0.15) is 0 Å². The molecule has 25 heavy (non-hydrogen) atoms. The monoisotopic (exact) mass is 391 g/mol. The molecule has 2 rings (SSSR count). The molecule has 3 N–H and O–H groups in total. The standard InChI is InChI=1S/C18H29N3O2.2ClH/c1-3-21(4-2)15(10-14-8-6-5-7-9-14)12-20-18(23)17-11-16(22)13-19-17;;/h5-9,15-17,19,22H,3-4,10-13H2,1-2H3,(H,20,23);2*1H. The SMILES string of the molecule is CCN(CC)C(CNC(=O)C1CC(O)CN1)Cc1ccccc1.Cl.Cl. The Morgan fingerprint density at radius 1 is 1.28 bits per heavy atom. The number of rotatable bonds is 8. The van der Waals surface area contributed by atoms with Crippen LogP contribution in [0.4, 0.5) is 0 Å². The van der Waals surface area contributed by atoms with Gasteiger partial charge in [0.15, 0.2) is 0 Å². The van der Waals surface area contributed by atoms with E-state index in [9.17, 15) is 9.90 Å². The summed E-state index contributed by atoms with van der Waals surface area (Å²) in [4.78, 5) is 14.6. The Labute approximate surface area is 163 Å². The van der Waals surface area contributed by atoms with Crippen LogP contribution in [0, 0.1) is 0 Å². The second-order valence-electron chi connectivity index (χ2n) is 6.16. The molecule has 1 aliphatic heterocycles. The molecule has 1 saturated heterocycles. The van der Waals surface area contributed by atoms with Crippen LogP contribution in [0.5, 0.6) is 0 Å². The lowest BCUT2D eigenvalue weighted by Crippen LogP contribution is -2.48. The Bertz CT molecular complexity index is 486. The van der Waals surface area contributed by atoms with Gasteiger partial charge >= 0.3 is 0 Å². The first-order chi connectivity index (χ1) is 11.1. The van der Waals surface area contributed by atoms with Gasteiger partial charge in [-0.25, -0.2) is 0 Å². The molecule has 1 aliphatic rings. The Morgan fingerprint density at radius 2 is 1.92 bits per heavy atom. The molecule has 0 radical (unpaired) electrons. The van der Waals surface area contributed by atoms with Crippen LogP contribution in [0.1, 0.15) is 25.8 Å². The number of amides is 1. The second kappa shape index (κ2) is 12.5. The number of halogens is 2. The summed E-state index contributed by atoms with van der Waals surface area (Å²) < 4.78 is 0. The third-order valence-corrected chi connectivity index (χ3v) is 4.58. The summed E-state index contributed by atoms with van der Waals surface area (Å²) >= 11 is 0. The van der Waals surface area contributed by atoms with E-state index in [0.29, 0.717) is 19.5 Å². The Hall–Kier alpha value is -0.850. The third kappa shape index (κ3) is 7.50. The van der Waals surface area contributed by atoms with Crippen molar-refractivity contribution < 1.29 is 9.90 Å². The molecular weight excluding hydrogens is 361 g/mol. The number of benzene rings is 1. The van der Waals surface area contributed by atoms with Crippen LogP contribution in [0.15, 0.2) is 30.3 Å². The zero-order chi connectivity index (χ0) is 16.7. The largest absolute Gasteiger partial charge is 0.392 e. The van der Waals surface area contributed by atoms with Crippen LogP contribution in [0.3, 0.4) is 0 Å². The van der Waals surface area contributed by atoms with E-state index in [-0.39, 0.29) is 42.8 Å². The number of aliphatic hydroxyl groups is 1. The minimum absolute atomic E-state index is 0. The van der Waals surface area contributed by atoms with Gasteiger partial charge in [-0.15, -0.1) is 24.8 Å². The number of aliphatic hydroxyl groups excluding tert-OH is 1. The summed E-state index contributed by atoms with van der Waals surface area (Å²) in [6.45, 7) is 7.36. The number of hydrogen-bond acceptors (Lipinski definition) is 4. The smallest absolute Gasteiger partial charge is 0.237 e. The maximum absolute atomic E-state index is 12.2. The molecule has 3 atom stereocenters. The lowest BCUT2D eigenvalue weighted by molar-refractivity contribution is -0.123. The Balaban J connectivity index is 0.00000288. The summed E-state index contributed by atoms with van der Waals surface area (Å²) in [6, 6.07) is 10.4. The minimum atomic E-state index is -0.409. The first-order valence-electron chi connectivity index (χ1n) is 8.61. The summed E-state index contributed by atoms with van der Waals surface area (Å²) in [5.74, 6) is -0.00762. The second-order valence-corrected chi connectivity index (χ2v) is 6.16. The van der Waals surface area contributed by atoms with Crippen LogP contribution in [-0.4, -0.2) is 60.3 Å². The predicted octanol–water partition coefficient (Wildman–Crippen LogP) is 1.62. The number of nitrogens with zero attached hydrogens (tertiary/aromatic N) is 1. The van der Waals surface area contributed by atoms with Crippen LogP contribution in [-0.2, 0) is 11.2 Å². The fourth-order valence-electron chi connectivity index (χ4n) is 3.21. The van der Waals surface area contributed by atoms with Crippen LogP contribution in [0.25, 0.3) is 0 Å². The topological polar surface area (TPSA) is 64.6 Å². The van der Waals surface area contributed by atoms with E-state index in [4.69, 9.17) is 0 Å². The van der Waals surface area contributed by atoms with Crippen LogP contribution >= 0.6 is 24.8 Å². The molecule has 0 saturated carbocycles. The molecule has 0 aliphatic carbocycles. The molecule has 7 heteroatoms. The van der Waals surface area contributed by atoms with Crippen molar-refractivity contribution in [3.63, 3.8) is 0 Å². The maximum atomic E-state index is 12.2. The van der Waals surface area contributed by atoms with Crippen molar-refractivity contribution in [3.05, 3.63) is 35.9 Å². The average molecular weight is 392 g/mol. The lowest BCUT2D eigenvalue weighted by atomic mass is 10.0. The molecule has 3 unspecified atom stereocenters. The van der Waals surface area contributed by atoms with Crippen molar-refractivity contribution in [2.24, 2.45) is 0 Å². The van der Waals surface area contributed by atoms with E-state index in [1.54, 1.807) is 0 Å². The maximum Gasteiger partial charge on any atom is 0.237 e. The quantitative estimate of drug-likeness (QED) is 0.629. The molecule has 1 heterocycles. The highest BCUT2D eigenvalue weighted by Gasteiger charge is 2.28. The van der Waals surface area contributed by atoms with Gasteiger partial charge in [-0.1, -0.05) is 44.2 Å². The van der Waals surface area contributed by atoms with Crippen LogP contribution in [0.2, 0.25) is 0 Å². The first-order valence-corrected chi connectivity index (χ1v) is 8.61. The van der Waals surface area contributed by atoms with Crippen LogP contribution < -0.4 is 10.6 Å². The van der Waals surface area contributed by atoms with Crippen molar-refractivity contribution in [3.8, 4) is 0 Å². The van der Waals surface area contributed by atoms with Gasteiger partial charge in [0.25, 0.3) is 0 Å². The molecular formula is C18H31Cl2N3O2. The van der Waals surface area contributed by atoms with Gasteiger partial charge in [-0.2, -0.15) is 0 Å². The van der Waals surface area contributed by atoms with Crippen molar-refractivity contribution in [2.75, 3.05) is 26.2 Å². The highest BCUT2D eigenvalue weighted by atomic mass is 35.5. The fraction of sp³-hybridized carbons (Fsp3) is 0.611. The summed E-state index contributed by atoms with van der Waals surface area (Å²) in [5, 5.41) is 15.7. The van der Waals surface area contributed by atoms with E-state index < -0.39 is 6.10 Å². The molecule has 1 fully saturated rings. The van der Waals surface area contributed by atoms with Crippen molar-refractivity contribution in [1.29, 1.82) is 0 Å². The third-order valence-electron chi connectivity index (χ3n) is 4.58. The van der Waals surface area contributed by atoms with Gasteiger partial charge in [0.2, 0.25) is 5.91 Å². The molecule has 0 spiro atoms. The summed E-state index contributed by atoms with van der Waals surface area (Å²) in [7, 11) is 0. The molecule has 1 amide bonds. The summed E-state index contributed by atoms with van der Waals surface area (Å²) in [5.41, 5.74) is 1.29. The zero-order valence-corrected chi connectivity index (χ0v) is 16.6. The van der Waals surface area contributed by atoms with Crippen molar-refractivity contribution in [1.82, 2.24) is 15.5 Å². The first kappa shape index (κ1) is 24.1. The number of hydrogen-bond donors (Lipinski definition) is 3. The Kier molecular flexibility index (Phi) is 12.1. The van der Waals surface area contributed by atoms with Crippen molar-refractivity contribution >= 4 is 30.7 Å². The van der Waals surface area contributed by atoms with Gasteiger partial charge in [-0.05, 0) is 31.5 Å². The fourth-order valence-corrected chi connectivity index (χ4v) is 3.21. The predicted molar refractivity (Wildman–Crippen MR) is 107 cm³/mol. The average Bonchev–Trinajstić information content (AvgIpc) is 3.00. The van der Waals surface area contributed by atoms with Crippen molar-refractivity contribution in [2.45, 2.75) is 44.9 Å². The number of carbonyl (C=O) groups is 1. The molecule has 144 valence electrons. The van der Waals surface area contributed by atoms with E-state index >= 15 is 0 Å². The molecule has 5 nitrogen and oxygen atoms in total. The molecule has 1 aromatic rings. The normalized spacial score (nSPS) is 20.5.